The average Bonchev–Trinajstić information content (AvgIpc) is 2.74. The monoisotopic (exact) mass is 511 g/mol. The summed E-state index contributed by atoms with van der Waals surface area (Å²) in [6.45, 7) is 6.91. The second kappa shape index (κ2) is 11.7. The fraction of sp³-hybridized carbons (Fsp3) is 0.417. The molecule has 10 heteroatoms. The number of sulfonamides is 1. The van der Waals surface area contributed by atoms with Gasteiger partial charge in [0.05, 0.1) is 17.0 Å². The summed E-state index contributed by atoms with van der Waals surface area (Å²) in [6.07, 6.45) is 1.28. The minimum absolute atomic E-state index is 0.0530. The number of carbonyl (C=O) groups is 2. The Bertz CT molecular complexity index is 1120. The molecule has 0 aliphatic heterocycles. The molecule has 0 bridgehead atoms. The Hall–Kier alpha value is -2.65. The van der Waals surface area contributed by atoms with Gasteiger partial charge in [-0.05, 0) is 51.0 Å². The zero-order valence-electron chi connectivity index (χ0n) is 20.0. The van der Waals surface area contributed by atoms with Crippen molar-refractivity contribution < 1.29 is 22.4 Å². The quantitative estimate of drug-likeness (QED) is 0.524. The number of amides is 2. The van der Waals surface area contributed by atoms with Crippen LogP contribution in [0.3, 0.4) is 0 Å². The highest BCUT2D eigenvalue weighted by molar-refractivity contribution is 7.92. The van der Waals surface area contributed by atoms with E-state index >= 15 is 0 Å². The van der Waals surface area contributed by atoms with E-state index in [1.807, 2.05) is 45.0 Å². The van der Waals surface area contributed by atoms with Gasteiger partial charge in [0.2, 0.25) is 21.8 Å². The molecular weight excluding hydrogens is 481 g/mol. The largest absolute Gasteiger partial charge is 0.352 e. The number of carbonyl (C=O) groups excluding carboxylic acids is 2. The van der Waals surface area contributed by atoms with Crippen LogP contribution < -0.4 is 9.62 Å². The minimum Gasteiger partial charge on any atom is -0.352 e. The van der Waals surface area contributed by atoms with E-state index in [9.17, 15) is 22.4 Å². The number of nitrogens with zero attached hydrogens (tertiary/aromatic N) is 2. The van der Waals surface area contributed by atoms with Crippen LogP contribution in [0.5, 0.6) is 0 Å². The van der Waals surface area contributed by atoms with Crippen LogP contribution in [0.25, 0.3) is 0 Å². The van der Waals surface area contributed by atoms with Crippen molar-refractivity contribution in [2.75, 3.05) is 17.1 Å². The summed E-state index contributed by atoms with van der Waals surface area (Å²) >= 11 is 5.85. The van der Waals surface area contributed by atoms with Crippen LogP contribution in [0, 0.1) is 12.7 Å². The van der Waals surface area contributed by atoms with Crippen molar-refractivity contribution in [2.24, 2.45) is 0 Å². The maximum Gasteiger partial charge on any atom is 0.244 e. The number of hydrogen-bond donors (Lipinski definition) is 1. The van der Waals surface area contributed by atoms with Gasteiger partial charge in [-0.1, -0.05) is 48.4 Å². The standard InChI is InChI=1S/C24H31ClFN3O4S/c1-6-22(24(31)27-16(2)3)28(14-18-9-7-17(4)8-10-18)23(30)15-29(34(5,32)33)19-11-12-21(26)20(25)13-19/h7-13,16,22H,6,14-15H2,1-5H3,(H,27,31). The summed E-state index contributed by atoms with van der Waals surface area (Å²) in [6, 6.07) is 10.00. The second-order valence-corrected chi connectivity index (χ2v) is 10.8. The Morgan fingerprint density at radius 2 is 1.74 bits per heavy atom. The van der Waals surface area contributed by atoms with Crippen molar-refractivity contribution in [2.45, 2.75) is 52.7 Å². The summed E-state index contributed by atoms with van der Waals surface area (Å²) in [5.74, 6) is -1.60. The average molecular weight is 512 g/mol. The molecule has 1 atom stereocenters. The third kappa shape index (κ3) is 7.43. The van der Waals surface area contributed by atoms with E-state index in [1.165, 1.54) is 11.0 Å². The van der Waals surface area contributed by atoms with Crippen LogP contribution in [0.2, 0.25) is 5.02 Å². The zero-order chi connectivity index (χ0) is 25.6. The Balaban J connectivity index is 2.45. The fourth-order valence-electron chi connectivity index (χ4n) is 3.44. The smallest absolute Gasteiger partial charge is 0.244 e. The zero-order valence-corrected chi connectivity index (χ0v) is 21.6. The number of halogens is 2. The van der Waals surface area contributed by atoms with Crippen LogP contribution in [-0.4, -0.2) is 50.0 Å². The van der Waals surface area contributed by atoms with E-state index in [0.29, 0.717) is 6.42 Å². The lowest BCUT2D eigenvalue weighted by molar-refractivity contribution is -0.140. The first-order valence-corrected chi connectivity index (χ1v) is 13.1. The second-order valence-electron chi connectivity index (χ2n) is 8.46. The molecule has 0 aromatic heterocycles. The topological polar surface area (TPSA) is 86.8 Å². The Labute approximate surface area is 205 Å². The maximum absolute atomic E-state index is 13.6. The summed E-state index contributed by atoms with van der Waals surface area (Å²) < 4.78 is 39.6. The van der Waals surface area contributed by atoms with Gasteiger partial charge in [0, 0.05) is 12.6 Å². The molecule has 2 rings (SSSR count). The van der Waals surface area contributed by atoms with E-state index in [0.717, 1.165) is 33.8 Å². The van der Waals surface area contributed by atoms with Crippen LogP contribution in [0.15, 0.2) is 42.5 Å². The number of benzene rings is 2. The first-order chi connectivity index (χ1) is 15.8. The molecule has 0 saturated heterocycles. The van der Waals surface area contributed by atoms with Gasteiger partial charge in [0.25, 0.3) is 0 Å². The van der Waals surface area contributed by atoms with Gasteiger partial charge in [0.1, 0.15) is 18.4 Å². The van der Waals surface area contributed by atoms with Crippen molar-refractivity contribution in [3.8, 4) is 0 Å². The predicted octanol–water partition coefficient (Wildman–Crippen LogP) is 3.89. The molecule has 0 saturated carbocycles. The van der Waals surface area contributed by atoms with Gasteiger partial charge in [0.15, 0.2) is 0 Å². The van der Waals surface area contributed by atoms with E-state index in [-0.39, 0.29) is 29.2 Å². The first-order valence-electron chi connectivity index (χ1n) is 10.9. The molecule has 0 heterocycles. The van der Waals surface area contributed by atoms with E-state index < -0.39 is 34.3 Å². The number of hydrogen-bond acceptors (Lipinski definition) is 4. The van der Waals surface area contributed by atoms with Crippen molar-refractivity contribution >= 4 is 39.1 Å². The predicted molar refractivity (Wildman–Crippen MR) is 133 cm³/mol. The van der Waals surface area contributed by atoms with Crippen molar-refractivity contribution in [3.05, 3.63) is 64.4 Å². The molecule has 0 fully saturated rings. The van der Waals surface area contributed by atoms with E-state index in [2.05, 4.69) is 5.32 Å². The molecule has 0 aliphatic rings. The van der Waals surface area contributed by atoms with E-state index in [1.54, 1.807) is 6.92 Å². The third-order valence-corrected chi connectivity index (χ3v) is 6.59. The van der Waals surface area contributed by atoms with Gasteiger partial charge in [-0.15, -0.1) is 0 Å². The molecule has 0 aliphatic carbocycles. The molecule has 0 spiro atoms. The molecule has 1 unspecified atom stereocenters. The molecule has 2 amide bonds. The Kier molecular flexibility index (Phi) is 9.46. The summed E-state index contributed by atoms with van der Waals surface area (Å²) in [5.41, 5.74) is 1.89. The minimum atomic E-state index is -3.92. The number of nitrogens with one attached hydrogen (secondary N) is 1. The molecule has 7 nitrogen and oxygen atoms in total. The highest BCUT2D eigenvalue weighted by Gasteiger charge is 2.32. The lowest BCUT2D eigenvalue weighted by Crippen LogP contribution is -2.53. The maximum atomic E-state index is 13.6. The molecular formula is C24H31ClFN3O4S. The van der Waals surface area contributed by atoms with Crippen LogP contribution in [0.4, 0.5) is 10.1 Å². The van der Waals surface area contributed by atoms with Gasteiger partial charge >= 0.3 is 0 Å². The highest BCUT2D eigenvalue weighted by Crippen LogP contribution is 2.25. The Morgan fingerprint density at radius 3 is 2.24 bits per heavy atom. The van der Waals surface area contributed by atoms with Crippen molar-refractivity contribution in [1.82, 2.24) is 10.2 Å². The molecule has 2 aromatic rings. The van der Waals surface area contributed by atoms with Crippen LogP contribution in [0.1, 0.15) is 38.3 Å². The lowest BCUT2D eigenvalue weighted by atomic mass is 10.1. The lowest BCUT2D eigenvalue weighted by Gasteiger charge is -2.33. The summed E-state index contributed by atoms with van der Waals surface area (Å²) in [4.78, 5) is 27.8. The van der Waals surface area contributed by atoms with Gasteiger partial charge in [-0.25, -0.2) is 12.8 Å². The van der Waals surface area contributed by atoms with Gasteiger partial charge < -0.3 is 10.2 Å². The SMILES string of the molecule is CCC(C(=O)NC(C)C)N(Cc1ccc(C)cc1)C(=O)CN(c1ccc(F)c(Cl)c1)S(C)(=O)=O. The van der Waals surface area contributed by atoms with Crippen LogP contribution >= 0.6 is 11.6 Å². The molecule has 186 valence electrons. The number of aryl methyl sites for hydroxylation is 1. The third-order valence-electron chi connectivity index (χ3n) is 5.16. The number of anilines is 1. The molecule has 0 radical (unpaired) electrons. The normalized spacial score (nSPS) is 12.4. The van der Waals surface area contributed by atoms with Gasteiger partial charge in [-0.3, -0.25) is 13.9 Å². The first kappa shape index (κ1) is 27.6. The molecule has 34 heavy (non-hydrogen) atoms. The Morgan fingerprint density at radius 1 is 1.12 bits per heavy atom. The fourth-order valence-corrected chi connectivity index (χ4v) is 4.46. The number of rotatable bonds is 10. The molecule has 2 aromatic carbocycles. The summed E-state index contributed by atoms with van der Waals surface area (Å²) in [5, 5.41) is 2.56. The van der Waals surface area contributed by atoms with Crippen molar-refractivity contribution in [1.29, 1.82) is 0 Å². The highest BCUT2D eigenvalue weighted by atomic mass is 35.5. The van der Waals surface area contributed by atoms with E-state index in [4.69, 9.17) is 11.6 Å². The van der Waals surface area contributed by atoms with Crippen molar-refractivity contribution in [3.63, 3.8) is 0 Å². The molecule has 1 N–H and O–H groups in total. The van der Waals surface area contributed by atoms with Crippen LogP contribution in [-0.2, 0) is 26.2 Å². The summed E-state index contributed by atoms with van der Waals surface area (Å²) in [7, 11) is -3.92. The van der Waals surface area contributed by atoms with Gasteiger partial charge in [-0.2, -0.15) is 0 Å².